The molecule has 1 aliphatic heterocycles. The van der Waals surface area contributed by atoms with Crippen molar-refractivity contribution in [1.82, 2.24) is 19.0 Å². The molecule has 0 bridgehead atoms. The van der Waals surface area contributed by atoms with Crippen LogP contribution in [0.5, 0.6) is 5.75 Å². The van der Waals surface area contributed by atoms with Crippen molar-refractivity contribution in [3.05, 3.63) is 82.0 Å². The quantitative estimate of drug-likeness (QED) is 0.350. The zero-order valence-electron chi connectivity index (χ0n) is 23.4. The predicted octanol–water partition coefficient (Wildman–Crippen LogP) is 5.62. The Hall–Kier alpha value is -3.80. The number of halogens is 2. The third-order valence-electron chi connectivity index (χ3n) is 7.54. The van der Waals surface area contributed by atoms with Gasteiger partial charge in [0.05, 0.1) is 22.1 Å². The minimum Gasteiger partial charge on any atom is -0.507 e. The third-order valence-corrected chi connectivity index (χ3v) is 7.84. The van der Waals surface area contributed by atoms with Crippen LogP contribution < -0.4 is 10.6 Å². The van der Waals surface area contributed by atoms with Crippen molar-refractivity contribution in [3.63, 3.8) is 0 Å². The third kappa shape index (κ3) is 5.32. The van der Waals surface area contributed by atoms with Crippen molar-refractivity contribution in [2.75, 3.05) is 31.1 Å². The average Bonchev–Trinajstić information content (AvgIpc) is 3.08. The Bertz CT molecular complexity index is 1620. The molecule has 0 unspecified atom stereocenters. The van der Waals surface area contributed by atoms with E-state index in [0.29, 0.717) is 22.4 Å². The molecule has 2 aromatic heterocycles. The Labute approximate surface area is 239 Å². The fourth-order valence-corrected chi connectivity index (χ4v) is 5.51. The lowest BCUT2D eigenvalue weighted by Crippen LogP contribution is -2.43. The molecule has 0 atom stereocenters. The molecular formula is C31H33ClFN5O2. The molecule has 1 saturated heterocycles. The summed E-state index contributed by atoms with van der Waals surface area (Å²) in [4.78, 5) is 21.8. The summed E-state index contributed by atoms with van der Waals surface area (Å²) < 4.78 is 17.5. The highest BCUT2D eigenvalue weighted by molar-refractivity contribution is 6.32. The number of rotatable bonds is 4. The van der Waals surface area contributed by atoms with E-state index in [4.69, 9.17) is 11.6 Å². The van der Waals surface area contributed by atoms with E-state index < -0.39 is 5.82 Å². The van der Waals surface area contributed by atoms with Crippen LogP contribution in [-0.2, 0) is 7.05 Å². The van der Waals surface area contributed by atoms with Crippen molar-refractivity contribution in [3.8, 4) is 33.7 Å². The summed E-state index contributed by atoms with van der Waals surface area (Å²) in [6.45, 7) is 12.4. The molecule has 0 aliphatic carbocycles. The number of hydrogen-bond acceptors (Lipinski definition) is 5. The second-order valence-electron chi connectivity index (χ2n) is 11.2. The smallest absolute Gasteiger partial charge is 0.347 e. The first-order chi connectivity index (χ1) is 18.9. The molecule has 3 heterocycles. The van der Waals surface area contributed by atoms with Crippen molar-refractivity contribution in [1.29, 1.82) is 0 Å². The normalized spacial score (nSPS) is 14.7. The van der Waals surface area contributed by atoms with Crippen LogP contribution in [0.3, 0.4) is 0 Å². The largest absolute Gasteiger partial charge is 0.507 e. The minimum atomic E-state index is -0.497. The molecule has 40 heavy (non-hydrogen) atoms. The Kier molecular flexibility index (Phi) is 7.38. The highest BCUT2D eigenvalue weighted by Gasteiger charge is 2.25. The average molecular weight is 562 g/mol. The number of nitrogens with zero attached hydrogens (tertiary/aromatic N) is 5. The topological polar surface area (TPSA) is 66.5 Å². The first kappa shape index (κ1) is 27.8. The predicted molar refractivity (Wildman–Crippen MR) is 157 cm³/mol. The van der Waals surface area contributed by atoms with Crippen molar-refractivity contribution in [2.24, 2.45) is 7.05 Å². The van der Waals surface area contributed by atoms with Crippen LogP contribution in [0, 0.1) is 25.1 Å². The number of aromatic hydroxyl groups is 1. The van der Waals surface area contributed by atoms with E-state index in [0.717, 1.165) is 44.0 Å². The van der Waals surface area contributed by atoms with Gasteiger partial charge in [0.25, 0.3) is 0 Å². The van der Waals surface area contributed by atoms with Crippen LogP contribution in [0.25, 0.3) is 27.9 Å². The molecule has 1 fully saturated rings. The van der Waals surface area contributed by atoms with Crippen LogP contribution in [0.1, 0.15) is 32.9 Å². The second-order valence-corrected chi connectivity index (χ2v) is 11.7. The number of aromatic nitrogens is 3. The van der Waals surface area contributed by atoms with Gasteiger partial charge in [0.15, 0.2) is 0 Å². The molecule has 9 heteroatoms. The number of hydrogen-bond donors (Lipinski definition) is 1. The Morgan fingerprint density at radius 1 is 0.975 bits per heavy atom. The first-order valence-corrected chi connectivity index (χ1v) is 13.7. The minimum absolute atomic E-state index is 0.0756. The van der Waals surface area contributed by atoms with Crippen LogP contribution in [-0.4, -0.2) is 55.8 Å². The number of anilines is 1. The fourth-order valence-electron chi connectivity index (χ4n) is 5.25. The van der Waals surface area contributed by atoms with Crippen molar-refractivity contribution >= 4 is 17.3 Å². The lowest BCUT2D eigenvalue weighted by atomic mass is 9.97. The van der Waals surface area contributed by atoms with E-state index in [1.807, 2.05) is 13.0 Å². The molecule has 4 aromatic rings. The Morgan fingerprint density at radius 3 is 2.35 bits per heavy atom. The Balaban J connectivity index is 1.50. The standard InChI is InChI=1S/C31H33ClFN5O2/c1-20-28(36-9-6-10-37(13-12-36)31(2,3)4)16-22(19-34-20)25-18-23(33)17-24(29(25)39)21-7-8-27(26(32)15-21)38-14-11-35(5)30(38)40/h7-8,15-19,39H,6,9-10,12-13H2,1-5H3. The van der Waals surface area contributed by atoms with E-state index >= 15 is 0 Å². The van der Waals surface area contributed by atoms with Gasteiger partial charge >= 0.3 is 5.69 Å². The van der Waals surface area contributed by atoms with E-state index in [-0.39, 0.29) is 27.6 Å². The summed E-state index contributed by atoms with van der Waals surface area (Å²) in [5.41, 5.74) is 3.80. The van der Waals surface area contributed by atoms with Gasteiger partial charge in [-0.15, -0.1) is 0 Å². The second kappa shape index (κ2) is 10.6. The summed E-state index contributed by atoms with van der Waals surface area (Å²) in [7, 11) is 1.57. The van der Waals surface area contributed by atoms with Crippen LogP contribution in [0.2, 0.25) is 5.02 Å². The number of phenols is 1. The van der Waals surface area contributed by atoms with Crippen LogP contribution >= 0.6 is 11.6 Å². The van der Waals surface area contributed by atoms with Gasteiger partial charge in [0.2, 0.25) is 0 Å². The van der Waals surface area contributed by atoms with Crippen molar-refractivity contribution in [2.45, 2.75) is 39.7 Å². The number of benzene rings is 2. The number of aryl methyl sites for hydroxylation is 1. The highest BCUT2D eigenvalue weighted by atomic mass is 35.5. The maximum atomic E-state index is 15.0. The van der Waals surface area contributed by atoms with Crippen molar-refractivity contribution < 1.29 is 9.50 Å². The summed E-state index contributed by atoms with van der Waals surface area (Å²) in [6.07, 6.45) is 8.10. The van der Waals surface area contributed by atoms with E-state index in [2.05, 4.69) is 47.9 Å². The molecule has 208 valence electrons. The maximum absolute atomic E-state index is 15.0. The van der Waals surface area contributed by atoms with Gasteiger partial charge in [-0.05, 0) is 70.0 Å². The van der Waals surface area contributed by atoms with Gasteiger partial charge in [-0.3, -0.25) is 14.5 Å². The summed E-state index contributed by atoms with van der Waals surface area (Å²) >= 11 is 6.52. The Morgan fingerprint density at radius 2 is 1.70 bits per heavy atom. The van der Waals surface area contributed by atoms with Gasteiger partial charge in [-0.2, -0.15) is 0 Å². The maximum Gasteiger partial charge on any atom is 0.347 e. The number of pyridine rings is 1. The molecular weight excluding hydrogens is 529 g/mol. The van der Waals surface area contributed by atoms with Gasteiger partial charge in [0, 0.05) is 74.0 Å². The van der Waals surface area contributed by atoms with E-state index in [9.17, 15) is 14.3 Å². The molecule has 0 saturated carbocycles. The number of phenolic OH excluding ortho intramolecular Hbond substituents is 1. The van der Waals surface area contributed by atoms with Gasteiger partial charge in [-0.25, -0.2) is 13.8 Å². The summed E-state index contributed by atoms with van der Waals surface area (Å²) in [5.74, 6) is -0.573. The highest BCUT2D eigenvalue weighted by Crippen LogP contribution is 2.41. The zero-order chi connectivity index (χ0) is 28.8. The fraction of sp³-hybridized carbons (Fsp3) is 0.355. The molecule has 1 N–H and O–H groups in total. The zero-order valence-corrected chi connectivity index (χ0v) is 24.2. The van der Waals surface area contributed by atoms with Gasteiger partial charge in [-0.1, -0.05) is 17.7 Å². The van der Waals surface area contributed by atoms with E-state index in [1.165, 1.54) is 21.3 Å². The monoisotopic (exact) mass is 561 g/mol. The SMILES string of the molecule is Cc1ncc(-c2cc(F)cc(-c3ccc(-n4c#cn(C)c4=O)c(Cl)c3)c2O)cc1N1CCCN(C(C)(C)C)CC1. The van der Waals surface area contributed by atoms with Gasteiger partial charge < -0.3 is 10.0 Å². The first-order valence-electron chi connectivity index (χ1n) is 13.3. The molecule has 1 aliphatic rings. The van der Waals surface area contributed by atoms with Gasteiger partial charge in [0.1, 0.15) is 11.6 Å². The molecule has 0 spiro atoms. The lowest BCUT2D eigenvalue weighted by Gasteiger charge is -2.34. The summed E-state index contributed by atoms with van der Waals surface area (Å²) in [6, 6.07) is 9.50. The van der Waals surface area contributed by atoms with Crippen LogP contribution in [0.15, 0.2) is 47.4 Å². The summed E-state index contributed by atoms with van der Waals surface area (Å²) in [5, 5.41) is 11.6. The lowest BCUT2D eigenvalue weighted by molar-refractivity contribution is 0.148. The van der Waals surface area contributed by atoms with Crippen LogP contribution in [0.4, 0.5) is 10.1 Å². The van der Waals surface area contributed by atoms with E-state index in [1.54, 1.807) is 31.4 Å². The molecule has 2 aromatic carbocycles. The molecule has 0 amide bonds. The molecule has 7 nitrogen and oxygen atoms in total. The molecule has 0 radical (unpaired) electrons. The molecule has 5 rings (SSSR count).